The van der Waals surface area contributed by atoms with Gasteiger partial charge in [0.25, 0.3) is 11.8 Å². The molecule has 234 valence electrons. The van der Waals surface area contributed by atoms with Gasteiger partial charge in [-0.15, -0.1) is 0 Å². The zero-order valence-electron chi connectivity index (χ0n) is 24.9. The Hall–Kier alpha value is -6.50. The van der Waals surface area contributed by atoms with Crippen molar-refractivity contribution in [2.45, 2.75) is 0 Å². The summed E-state index contributed by atoms with van der Waals surface area (Å²) in [5.41, 5.74) is 3.56. The molecule has 4 aromatic carbocycles. The minimum Gasteiger partial charge on any atom is -0.493 e. The molecule has 0 heterocycles. The molecular weight excluding hydrogens is 596 g/mol. The summed E-state index contributed by atoms with van der Waals surface area (Å²) in [4.78, 5) is 48.9. The number of methoxy groups -OCH3 is 3. The number of rotatable bonds is 12. The third kappa shape index (κ3) is 8.11. The summed E-state index contributed by atoms with van der Waals surface area (Å²) in [6.07, 6.45) is 3.78. The van der Waals surface area contributed by atoms with Gasteiger partial charge in [0.1, 0.15) is 0 Å². The molecular formula is C33H28N4O9. The highest BCUT2D eigenvalue weighted by molar-refractivity contribution is 6.05. The van der Waals surface area contributed by atoms with Crippen molar-refractivity contribution in [1.29, 1.82) is 0 Å². The first-order valence-corrected chi connectivity index (χ1v) is 13.5. The van der Waals surface area contributed by atoms with Crippen molar-refractivity contribution in [2.24, 2.45) is 5.10 Å². The first kappa shape index (κ1) is 32.4. The van der Waals surface area contributed by atoms with Crippen molar-refractivity contribution in [3.63, 3.8) is 0 Å². The molecule has 13 nitrogen and oxygen atoms in total. The number of hydrazone groups is 1. The molecule has 46 heavy (non-hydrogen) atoms. The van der Waals surface area contributed by atoms with Crippen LogP contribution in [0.4, 0.5) is 11.4 Å². The van der Waals surface area contributed by atoms with Crippen molar-refractivity contribution < 1.29 is 38.3 Å². The van der Waals surface area contributed by atoms with Crippen LogP contribution in [-0.4, -0.2) is 50.3 Å². The summed E-state index contributed by atoms with van der Waals surface area (Å²) in [5, 5.41) is 18.2. The molecule has 0 fully saturated rings. The standard InChI is InChI=1S/C33H28N4O9/c1-43-27-18-24(19-28(44-2)31(27)45-3)32(39)35-25-15-13-22(14-16-25)33(40)36-34-20-23-10-7-11-26(37(41)42)30(23)46-29(38)17-12-21-8-5-4-6-9-21/h4-20H,1-3H3,(H,35,39)(H,36,40)/b17-12+,34-20+. The van der Waals surface area contributed by atoms with Gasteiger partial charge in [0.2, 0.25) is 11.5 Å². The number of hydrogen-bond donors (Lipinski definition) is 2. The predicted octanol–water partition coefficient (Wildman–Crippen LogP) is 5.26. The number of benzene rings is 4. The summed E-state index contributed by atoms with van der Waals surface area (Å²) in [5.74, 6) is -1.25. The normalized spacial score (nSPS) is 10.8. The van der Waals surface area contributed by atoms with Crippen LogP contribution in [0.25, 0.3) is 6.08 Å². The van der Waals surface area contributed by atoms with Crippen molar-refractivity contribution >= 4 is 41.4 Å². The quantitative estimate of drug-likeness (QED) is 0.0534. The molecule has 0 saturated carbocycles. The van der Waals surface area contributed by atoms with Crippen LogP contribution < -0.4 is 29.7 Å². The third-order valence-corrected chi connectivity index (χ3v) is 6.34. The van der Waals surface area contributed by atoms with Crippen LogP contribution in [0.1, 0.15) is 31.8 Å². The Labute approximate surface area is 263 Å². The van der Waals surface area contributed by atoms with Gasteiger partial charge in [-0.05, 0) is 54.1 Å². The number of amides is 2. The molecule has 4 rings (SSSR count). The van der Waals surface area contributed by atoms with E-state index in [0.29, 0.717) is 22.9 Å². The topological polar surface area (TPSA) is 168 Å². The van der Waals surface area contributed by atoms with E-state index in [4.69, 9.17) is 18.9 Å². The van der Waals surface area contributed by atoms with E-state index >= 15 is 0 Å². The maximum atomic E-state index is 12.9. The van der Waals surface area contributed by atoms with Crippen LogP contribution in [0.15, 0.2) is 96.1 Å². The van der Waals surface area contributed by atoms with Gasteiger partial charge in [-0.2, -0.15) is 5.10 Å². The largest absolute Gasteiger partial charge is 0.493 e. The molecule has 2 amide bonds. The van der Waals surface area contributed by atoms with Crippen molar-refractivity contribution in [2.75, 3.05) is 26.6 Å². The van der Waals surface area contributed by atoms with E-state index in [2.05, 4.69) is 15.8 Å². The molecule has 0 aliphatic carbocycles. The summed E-state index contributed by atoms with van der Waals surface area (Å²) < 4.78 is 21.2. The van der Waals surface area contributed by atoms with E-state index in [1.165, 1.54) is 82.0 Å². The molecule has 13 heteroatoms. The van der Waals surface area contributed by atoms with Gasteiger partial charge in [-0.25, -0.2) is 10.2 Å². The Kier molecular flexibility index (Phi) is 10.8. The lowest BCUT2D eigenvalue weighted by Gasteiger charge is -2.14. The minimum absolute atomic E-state index is 0.0841. The number of nitro benzene ring substituents is 1. The molecule has 0 atom stereocenters. The van der Waals surface area contributed by atoms with Crippen LogP contribution >= 0.6 is 0 Å². The average Bonchev–Trinajstić information content (AvgIpc) is 3.07. The number of nitrogens with one attached hydrogen (secondary N) is 2. The molecule has 0 aliphatic rings. The molecule has 0 aliphatic heterocycles. The first-order chi connectivity index (χ1) is 22.2. The Morgan fingerprint density at radius 2 is 1.46 bits per heavy atom. The van der Waals surface area contributed by atoms with Gasteiger partial charge >= 0.3 is 11.7 Å². The second kappa shape index (κ2) is 15.3. The number of anilines is 1. The van der Waals surface area contributed by atoms with Gasteiger partial charge in [0, 0.05) is 34.5 Å². The number of para-hydroxylation sites is 1. The number of carbonyl (C=O) groups excluding carboxylic acids is 3. The Morgan fingerprint density at radius 3 is 2.07 bits per heavy atom. The molecule has 0 aromatic heterocycles. The van der Waals surface area contributed by atoms with E-state index in [9.17, 15) is 24.5 Å². The number of esters is 1. The Morgan fingerprint density at radius 1 is 0.783 bits per heavy atom. The minimum atomic E-state index is -0.839. The van der Waals surface area contributed by atoms with E-state index in [-0.39, 0.29) is 22.4 Å². The second-order valence-electron chi connectivity index (χ2n) is 9.26. The number of carbonyl (C=O) groups is 3. The molecule has 0 unspecified atom stereocenters. The fourth-order valence-electron chi connectivity index (χ4n) is 4.11. The molecule has 2 N–H and O–H groups in total. The monoisotopic (exact) mass is 624 g/mol. The fourth-order valence-corrected chi connectivity index (χ4v) is 4.11. The number of ether oxygens (including phenoxy) is 4. The Bertz CT molecular complexity index is 1780. The highest BCUT2D eigenvalue weighted by atomic mass is 16.6. The van der Waals surface area contributed by atoms with E-state index in [1.807, 2.05) is 6.07 Å². The lowest BCUT2D eigenvalue weighted by Crippen LogP contribution is -2.18. The number of nitro groups is 1. The summed E-state index contributed by atoms with van der Waals surface area (Å²) in [6.45, 7) is 0. The highest BCUT2D eigenvalue weighted by Crippen LogP contribution is 2.38. The van der Waals surface area contributed by atoms with Crippen LogP contribution in [0.2, 0.25) is 0 Å². The Balaban J connectivity index is 1.42. The number of nitrogens with zero attached hydrogens (tertiary/aromatic N) is 2. The van der Waals surface area contributed by atoms with Crippen molar-refractivity contribution in [3.05, 3.63) is 123 Å². The summed E-state index contributed by atoms with van der Waals surface area (Å²) >= 11 is 0. The SMILES string of the molecule is COc1cc(C(=O)Nc2ccc(C(=O)N/N=C/c3cccc([N+](=O)[O-])c3OC(=O)/C=C/c3ccccc3)cc2)cc(OC)c1OC. The van der Waals surface area contributed by atoms with Crippen LogP contribution in [-0.2, 0) is 4.79 Å². The maximum absolute atomic E-state index is 12.9. The fraction of sp³-hybridized carbons (Fsp3) is 0.0909. The van der Waals surface area contributed by atoms with Crippen LogP contribution in [0, 0.1) is 10.1 Å². The summed E-state index contributed by atoms with van der Waals surface area (Å²) in [7, 11) is 4.34. The predicted molar refractivity (Wildman–Crippen MR) is 170 cm³/mol. The first-order valence-electron chi connectivity index (χ1n) is 13.5. The van der Waals surface area contributed by atoms with Gasteiger partial charge in [-0.1, -0.05) is 36.4 Å². The van der Waals surface area contributed by atoms with Gasteiger partial charge in [0.15, 0.2) is 11.5 Å². The third-order valence-electron chi connectivity index (χ3n) is 6.34. The molecule has 0 spiro atoms. The number of hydrogen-bond acceptors (Lipinski definition) is 10. The highest BCUT2D eigenvalue weighted by Gasteiger charge is 2.21. The van der Waals surface area contributed by atoms with E-state index in [0.717, 1.165) is 17.9 Å². The van der Waals surface area contributed by atoms with Crippen molar-refractivity contribution in [3.8, 4) is 23.0 Å². The van der Waals surface area contributed by atoms with Gasteiger partial charge in [0.05, 0.1) is 32.5 Å². The summed E-state index contributed by atoms with van der Waals surface area (Å²) in [6, 6.07) is 22.0. The smallest absolute Gasteiger partial charge is 0.336 e. The van der Waals surface area contributed by atoms with Crippen LogP contribution in [0.5, 0.6) is 23.0 Å². The molecule has 0 saturated heterocycles. The maximum Gasteiger partial charge on any atom is 0.336 e. The molecule has 0 bridgehead atoms. The van der Waals surface area contributed by atoms with E-state index < -0.39 is 28.4 Å². The van der Waals surface area contributed by atoms with Gasteiger partial charge < -0.3 is 24.3 Å². The lowest BCUT2D eigenvalue weighted by atomic mass is 10.1. The van der Waals surface area contributed by atoms with Gasteiger partial charge in [-0.3, -0.25) is 19.7 Å². The second-order valence-corrected chi connectivity index (χ2v) is 9.26. The van der Waals surface area contributed by atoms with Crippen LogP contribution in [0.3, 0.4) is 0 Å². The molecule has 0 radical (unpaired) electrons. The lowest BCUT2D eigenvalue weighted by molar-refractivity contribution is -0.385. The van der Waals surface area contributed by atoms with E-state index in [1.54, 1.807) is 24.3 Å². The zero-order chi connectivity index (χ0) is 33.1. The zero-order valence-corrected chi connectivity index (χ0v) is 24.9. The molecule has 4 aromatic rings. The average molecular weight is 625 g/mol. The van der Waals surface area contributed by atoms with Crippen molar-refractivity contribution in [1.82, 2.24) is 5.43 Å².